The minimum atomic E-state index is -0.404. The van der Waals surface area contributed by atoms with Crippen molar-refractivity contribution in [2.24, 2.45) is 0 Å². The maximum absolute atomic E-state index is 15.3. The van der Waals surface area contributed by atoms with Crippen LogP contribution in [0.3, 0.4) is 0 Å². The van der Waals surface area contributed by atoms with Gasteiger partial charge in [0.1, 0.15) is 5.65 Å². The van der Waals surface area contributed by atoms with Crippen LogP contribution in [0.5, 0.6) is 0 Å². The van der Waals surface area contributed by atoms with Gasteiger partial charge in [-0.05, 0) is 38.1 Å². The Labute approximate surface area is 190 Å². The van der Waals surface area contributed by atoms with Crippen LogP contribution in [-0.4, -0.2) is 65.7 Å². The van der Waals surface area contributed by atoms with Crippen LogP contribution >= 0.6 is 0 Å². The number of anilines is 1. The number of methoxy groups -OCH3 is 1. The maximum atomic E-state index is 15.3. The fourth-order valence-corrected chi connectivity index (χ4v) is 4.66. The largest absolute Gasteiger partial charge is 0.383 e. The molecule has 1 aromatic carbocycles. The van der Waals surface area contributed by atoms with Crippen molar-refractivity contribution in [2.75, 3.05) is 38.3 Å². The molecule has 33 heavy (non-hydrogen) atoms. The van der Waals surface area contributed by atoms with E-state index in [-0.39, 0.29) is 18.0 Å². The smallest absolute Gasteiger partial charge is 0.255 e. The molecule has 9 heteroatoms. The van der Waals surface area contributed by atoms with E-state index in [1.54, 1.807) is 13.2 Å². The first-order valence-electron chi connectivity index (χ1n) is 11.1. The number of amides is 1. The van der Waals surface area contributed by atoms with E-state index in [1.807, 2.05) is 33.6 Å². The quantitative estimate of drug-likeness (QED) is 0.455. The first-order chi connectivity index (χ1) is 16.0. The highest BCUT2D eigenvalue weighted by molar-refractivity contribution is 6.05. The van der Waals surface area contributed by atoms with Crippen LogP contribution in [0.15, 0.2) is 36.4 Å². The molecule has 5 rings (SSSR count). The topological polar surface area (TPSA) is 83.8 Å². The molecule has 1 saturated heterocycles. The Hall–Kier alpha value is -3.30. The second-order valence-corrected chi connectivity index (χ2v) is 8.65. The van der Waals surface area contributed by atoms with Gasteiger partial charge in [0.05, 0.1) is 23.2 Å². The summed E-state index contributed by atoms with van der Waals surface area (Å²) >= 11 is 0. The van der Waals surface area contributed by atoms with Gasteiger partial charge < -0.3 is 20.3 Å². The number of halogens is 1. The lowest BCUT2D eigenvalue weighted by Crippen LogP contribution is -2.54. The van der Waals surface area contributed by atoms with Crippen LogP contribution in [0.1, 0.15) is 24.2 Å². The number of nitrogens with zero attached hydrogens (tertiary/aromatic N) is 4. The molecule has 2 unspecified atom stereocenters. The molecule has 2 N–H and O–H groups in total. The number of aromatic nitrogens is 3. The van der Waals surface area contributed by atoms with Crippen LogP contribution in [-0.2, 0) is 4.74 Å². The standard InChI is InChI=1S/C24H27FN6O2/c1-14-12-30(13-15(2)27-14)23-18(25)11-16-10-17(24(32)26-8-9-33-3)22-28-19-6-4-5-7-20(19)31(22)21(16)29-23/h4-7,10-11,14-15,27H,8-9,12-13H2,1-3H3,(H,26,32). The number of fused-ring (bicyclic) bond motifs is 5. The SMILES string of the molecule is COCCNC(=O)c1cc2cc(F)c(N3CC(C)NC(C)C3)nc2n2c1nc1ccccc12. The molecule has 8 nitrogen and oxygen atoms in total. The number of rotatable bonds is 5. The first-order valence-corrected chi connectivity index (χ1v) is 11.1. The van der Waals surface area contributed by atoms with Crippen molar-refractivity contribution in [3.8, 4) is 0 Å². The van der Waals surface area contributed by atoms with Crippen molar-refractivity contribution in [1.29, 1.82) is 0 Å². The lowest BCUT2D eigenvalue weighted by atomic mass is 10.1. The third kappa shape index (κ3) is 3.87. The Morgan fingerprint density at radius 3 is 2.70 bits per heavy atom. The lowest BCUT2D eigenvalue weighted by Gasteiger charge is -2.37. The number of pyridine rings is 2. The van der Waals surface area contributed by atoms with E-state index in [9.17, 15) is 4.79 Å². The molecule has 0 spiro atoms. The zero-order chi connectivity index (χ0) is 23.1. The number of carbonyl (C=O) groups is 1. The van der Waals surface area contributed by atoms with E-state index in [4.69, 9.17) is 14.7 Å². The fraction of sp³-hybridized carbons (Fsp3) is 0.375. The summed E-state index contributed by atoms with van der Waals surface area (Å²) in [6.45, 7) is 6.24. The van der Waals surface area contributed by atoms with Gasteiger partial charge in [-0.25, -0.2) is 14.4 Å². The van der Waals surface area contributed by atoms with E-state index >= 15 is 4.39 Å². The molecule has 1 fully saturated rings. The van der Waals surface area contributed by atoms with Crippen LogP contribution in [0.25, 0.3) is 27.7 Å². The average molecular weight is 451 g/mol. The summed E-state index contributed by atoms with van der Waals surface area (Å²) < 4.78 is 22.2. The van der Waals surface area contributed by atoms with Crippen LogP contribution in [0, 0.1) is 5.82 Å². The molecule has 2 atom stereocenters. The summed E-state index contributed by atoms with van der Waals surface area (Å²) in [6, 6.07) is 11.2. The molecular formula is C24H27FN6O2. The van der Waals surface area contributed by atoms with Gasteiger partial charge in [0.2, 0.25) is 0 Å². The molecule has 1 aliphatic heterocycles. The lowest BCUT2D eigenvalue weighted by molar-refractivity contribution is 0.0938. The van der Waals surface area contributed by atoms with Gasteiger partial charge in [-0.2, -0.15) is 0 Å². The normalized spacial score (nSPS) is 19.0. The number of hydrogen-bond acceptors (Lipinski definition) is 6. The van der Waals surface area contributed by atoms with Gasteiger partial charge in [0, 0.05) is 44.2 Å². The van der Waals surface area contributed by atoms with Crippen molar-refractivity contribution < 1.29 is 13.9 Å². The Bertz CT molecular complexity index is 1340. The van der Waals surface area contributed by atoms with E-state index in [0.29, 0.717) is 54.3 Å². The molecule has 0 aliphatic carbocycles. The highest BCUT2D eigenvalue weighted by Gasteiger charge is 2.26. The predicted octanol–water partition coefficient (Wildman–Crippen LogP) is 2.74. The van der Waals surface area contributed by atoms with Gasteiger partial charge in [0.15, 0.2) is 17.3 Å². The molecule has 0 bridgehead atoms. The van der Waals surface area contributed by atoms with Crippen LogP contribution in [0.2, 0.25) is 0 Å². The summed E-state index contributed by atoms with van der Waals surface area (Å²) in [7, 11) is 1.58. The van der Waals surface area contributed by atoms with Crippen molar-refractivity contribution in [1.82, 2.24) is 25.0 Å². The van der Waals surface area contributed by atoms with Gasteiger partial charge in [-0.1, -0.05) is 12.1 Å². The minimum Gasteiger partial charge on any atom is -0.383 e. The van der Waals surface area contributed by atoms with Crippen LogP contribution < -0.4 is 15.5 Å². The molecule has 1 amide bonds. The summed E-state index contributed by atoms with van der Waals surface area (Å²) in [5.41, 5.74) is 2.99. The Morgan fingerprint density at radius 2 is 1.94 bits per heavy atom. The fourth-order valence-electron chi connectivity index (χ4n) is 4.66. The van der Waals surface area contributed by atoms with Crippen LogP contribution in [0.4, 0.5) is 10.2 Å². The van der Waals surface area contributed by atoms with Crippen molar-refractivity contribution in [3.05, 3.63) is 47.8 Å². The third-order valence-electron chi connectivity index (χ3n) is 5.97. The zero-order valence-corrected chi connectivity index (χ0v) is 18.9. The van der Waals surface area contributed by atoms with E-state index in [2.05, 4.69) is 24.5 Å². The summed E-state index contributed by atoms with van der Waals surface area (Å²) in [4.78, 5) is 24.5. The predicted molar refractivity (Wildman–Crippen MR) is 126 cm³/mol. The molecule has 172 valence electrons. The maximum Gasteiger partial charge on any atom is 0.255 e. The molecule has 0 radical (unpaired) electrons. The van der Waals surface area contributed by atoms with Gasteiger partial charge >= 0.3 is 0 Å². The van der Waals surface area contributed by atoms with E-state index in [0.717, 1.165) is 11.0 Å². The van der Waals surface area contributed by atoms with Gasteiger partial charge in [0.25, 0.3) is 5.91 Å². The average Bonchev–Trinajstić information content (AvgIpc) is 3.17. The Kier molecular flexibility index (Phi) is 5.59. The highest BCUT2D eigenvalue weighted by Crippen LogP contribution is 2.29. The number of ether oxygens (including phenoxy) is 1. The van der Waals surface area contributed by atoms with Crippen molar-refractivity contribution in [3.63, 3.8) is 0 Å². The molecular weight excluding hydrogens is 423 g/mol. The second kappa shape index (κ2) is 8.57. The number of carbonyl (C=O) groups excluding carboxylic acids is 1. The minimum absolute atomic E-state index is 0.220. The summed E-state index contributed by atoms with van der Waals surface area (Å²) in [6.07, 6.45) is 0. The monoisotopic (exact) mass is 450 g/mol. The third-order valence-corrected chi connectivity index (χ3v) is 5.97. The molecule has 4 heterocycles. The number of imidazole rings is 1. The van der Waals surface area contributed by atoms with E-state index in [1.165, 1.54) is 6.07 Å². The molecule has 1 aliphatic rings. The Balaban J connectivity index is 1.72. The Morgan fingerprint density at radius 1 is 1.18 bits per heavy atom. The number of nitrogens with one attached hydrogen (secondary N) is 2. The highest BCUT2D eigenvalue weighted by atomic mass is 19.1. The zero-order valence-electron chi connectivity index (χ0n) is 18.9. The number of hydrogen-bond donors (Lipinski definition) is 2. The number of benzene rings is 1. The molecule has 3 aromatic heterocycles. The molecule has 4 aromatic rings. The number of para-hydroxylation sites is 2. The van der Waals surface area contributed by atoms with Crippen molar-refractivity contribution in [2.45, 2.75) is 25.9 Å². The van der Waals surface area contributed by atoms with Gasteiger partial charge in [-0.3, -0.25) is 9.20 Å². The second-order valence-electron chi connectivity index (χ2n) is 8.65. The van der Waals surface area contributed by atoms with Gasteiger partial charge in [-0.15, -0.1) is 0 Å². The summed E-state index contributed by atoms with van der Waals surface area (Å²) in [5.74, 6) is -0.374. The molecule has 0 saturated carbocycles. The van der Waals surface area contributed by atoms with E-state index < -0.39 is 5.82 Å². The number of piperazine rings is 1. The summed E-state index contributed by atoms with van der Waals surface area (Å²) in [5, 5.41) is 6.85. The van der Waals surface area contributed by atoms with Crippen molar-refractivity contribution >= 4 is 39.4 Å². The first kappa shape index (κ1) is 21.5.